The van der Waals surface area contributed by atoms with Crippen LogP contribution in [0.5, 0.6) is 0 Å². The minimum atomic E-state index is -3.72. The monoisotopic (exact) mass is 481 g/mol. The van der Waals surface area contributed by atoms with Crippen molar-refractivity contribution in [2.24, 2.45) is 11.8 Å². The number of hydrazine groups is 1. The summed E-state index contributed by atoms with van der Waals surface area (Å²) < 4.78 is 28.6. The highest BCUT2D eigenvalue weighted by Gasteiger charge is 2.43. The van der Waals surface area contributed by atoms with Gasteiger partial charge in [0.2, 0.25) is 15.9 Å². The highest BCUT2D eigenvalue weighted by atomic mass is 32.2. The van der Waals surface area contributed by atoms with Crippen LogP contribution in [-0.4, -0.2) is 39.4 Å². The molecule has 2 unspecified atom stereocenters. The molecule has 1 fully saturated rings. The van der Waals surface area contributed by atoms with Crippen LogP contribution in [0.4, 0.5) is 0 Å². The minimum Gasteiger partial charge on any atom is -0.350 e. The number of carbonyl (C=O) groups excluding carboxylic acids is 2. The Morgan fingerprint density at radius 3 is 2.48 bits per heavy atom. The average molecular weight is 482 g/mol. The molecule has 3 atom stereocenters. The first-order valence-corrected chi connectivity index (χ1v) is 13.0. The number of carbonyl (C=O) groups is 2. The SMILES string of the molecule is CCC=CC([C@@H](C(=O)NNS(C)(=O)=O)C(=O)NOC1CCCCO1)C(C)(C)c1ccccc1. The molecular weight excluding hydrogens is 446 g/mol. The molecule has 3 N–H and O–H groups in total. The lowest BCUT2D eigenvalue weighted by Gasteiger charge is -2.37. The van der Waals surface area contributed by atoms with Crippen LogP contribution < -0.4 is 15.7 Å². The molecule has 0 aliphatic carbocycles. The maximum absolute atomic E-state index is 13.3. The van der Waals surface area contributed by atoms with E-state index in [-0.39, 0.29) is 0 Å². The number of hydrogen-bond donors (Lipinski definition) is 3. The normalized spacial score (nSPS) is 19.1. The first kappa shape index (κ1) is 27.0. The van der Waals surface area contributed by atoms with Crippen molar-refractivity contribution < 1.29 is 27.6 Å². The third-order valence-corrected chi connectivity index (χ3v) is 6.12. The van der Waals surface area contributed by atoms with Crippen molar-refractivity contribution in [3.8, 4) is 0 Å². The van der Waals surface area contributed by atoms with Crippen LogP contribution in [0.3, 0.4) is 0 Å². The van der Waals surface area contributed by atoms with Crippen LogP contribution in [0, 0.1) is 11.8 Å². The zero-order chi connectivity index (χ0) is 24.5. The van der Waals surface area contributed by atoms with Gasteiger partial charge in [-0.25, -0.2) is 18.7 Å². The second-order valence-corrected chi connectivity index (χ2v) is 10.4. The van der Waals surface area contributed by atoms with Gasteiger partial charge in [0.15, 0.2) is 6.29 Å². The van der Waals surface area contributed by atoms with E-state index in [4.69, 9.17) is 9.57 Å². The number of allylic oxidation sites excluding steroid dienone is 2. The number of hydrogen-bond acceptors (Lipinski definition) is 6. The van der Waals surface area contributed by atoms with Crippen molar-refractivity contribution in [2.45, 2.75) is 58.2 Å². The zero-order valence-corrected chi connectivity index (χ0v) is 20.5. The molecule has 1 aromatic rings. The first-order chi connectivity index (χ1) is 15.6. The van der Waals surface area contributed by atoms with Gasteiger partial charge in [0.05, 0.1) is 6.26 Å². The van der Waals surface area contributed by atoms with Crippen LogP contribution in [0.25, 0.3) is 0 Å². The van der Waals surface area contributed by atoms with E-state index in [1.54, 1.807) is 0 Å². The molecule has 1 aromatic carbocycles. The minimum absolute atomic E-state index is 0.533. The van der Waals surface area contributed by atoms with Crippen molar-refractivity contribution >= 4 is 21.8 Å². The molecular formula is C23H35N3O6S. The molecule has 1 aliphatic rings. The lowest BCUT2D eigenvalue weighted by atomic mass is 9.67. The molecule has 9 nitrogen and oxygen atoms in total. The van der Waals surface area contributed by atoms with Gasteiger partial charge < -0.3 is 4.74 Å². The van der Waals surface area contributed by atoms with Gasteiger partial charge in [-0.05, 0) is 30.2 Å². The number of nitrogens with one attached hydrogen (secondary N) is 3. The molecule has 0 spiro atoms. The van der Waals surface area contributed by atoms with E-state index in [0.717, 1.165) is 24.7 Å². The number of benzene rings is 1. The Labute approximate surface area is 196 Å². The molecule has 2 amide bonds. The maximum Gasteiger partial charge on any atom is 0.256 e. The molecule has 0 saturated carbocycles. The van der Waals surface area contributed by atoms with Gasteiger partial charge in [0, 0.05) is 18.9 Å². The molecule has 1 aliphatic heterocycles. The quantitative estimate of drug-likeness (QED) is 0.253. The topological polar surface area (TPSA) is 123 Å². The smallest absolute Gasteiger partial charge is 0.256 e. The van der Waals surface area contributed by atoms with Crippen LogP contribution in [-0.2, 0) is 34.6 Å². The Balaban J connectivity index is 2.37. The molecule has 1 heterocycles. The summed E-state index contributed by atoms with van der Waals surface area (Å²) in [4.78, 5) is 33.8. The second kappa shape index (κ2) is 12.3. The summed E-state index contributed by atoms with van der Waals surface area (Å²) in [6, 6.07) is 9.53. The first-order valence-electron chi connectivity index (χ1n) is 11.1. The third-order valence-electron chi connectivity index (χ3n) is 5.64. The van der Waals surface area contributed by atoms with Gasteiger partial charge in [-0.2, -0.15) is 0 Å². The summed E-state index contributed by atoms with van der Waals surface area (Å²) in [5.74, 6) is -3.38. The predicted octanol–water partition coefficient (Wildman–Crippen LogP) is 2.32. The molecule has 0 radical (unpaired) electrons. The molecule has 2 rings (SSSR count). The van der Waals surface area contributed by atoms with Gasteiger partial charge in [-0.3, -0.25) is 15.0 Å². The van der Waals surface area contributed by atoms with Crippen molar-refractivity contribution in [3.63, 3.8) is 0 Å². The number of rotatable bonds is 11. The van der Waals surface area contributed by atoms with Gasteiger partial charge in [-0.15, -0.1) is 4.83 Å². The molecule has 10 heteroatoms. The van der Waals surface area contributed by atoms with Crippen LogP contribution in [0.1, 0.15) is 52.0 Å². The number of sulfonamides is 1. The molecule has 0 aromatic heterocycles. The molecule has 0 bridgehead atoms. The zero-order valence-electron chi connectivity index (χ0n) is 19.7. The maximum atomic E-state index is 13.3. The van der Waals surface area contributed by atoms with E-state index in [2.05, 4.69) is 10.9 Å². The van der Waals surface area contributed by atoms with E-state index in [0.29, 0.717) is 19.4 Å². The van der Waals surface area contributed by atoms with Crippen molar-refractivity contribution in [1.82, 2.24) is 15.7 Å². The average Bonchev–Trinajstić information content (AvgIpc) is 2.79. The highest BCUT2D eigenvalue weighted by molar-refractivity contribution is 7.88. The summed E-state index contributed by atoms with van der Waals surface area (Å²) in [6.45, 7) is 6.36. The highest BCUT2D eigenvalue weighted by Crippen LogP contribution is 2.38. The van der Waals surface area contributed by atoms with Crippen molar-refractivity contribution in [2.75, 3.05) is 12.9 Å². The molecule has 1 saturated heterocycles. The van der Waals surface area contributed by atoms with Crippen molar-refractivity contribution in [1.29, 1.82) is 0 Å². The lowest BCUT2D eigenvalue weighted by molar-refractivity contribution is -0.203. The Hall–Kier alpha value is -2.27. The van der Waals surface area contributed by atoms with Crippen LogP contribution in [0.2, 0.25) is 0 Å². The third kappa shape index (κ3) is 8.22. The van der Waals surface area contributed by atoms with Gasteiger partial charge in [0.25, 0.3) is 5.91 Å². The standard InChI is InChI=1S/C23H35N3O6S/c1-5-6-14-18(23(2,3)17-12-8-7-9-13-17)20(21(27)24-26-33(4,29)30)22(28)25-32-19-15-10-11-16-31-19/h6-9,12-14,18-20,26H,5,10-11,15-16H2,1-4H3,(H,24,27)(H,25,28)/t18?,19?,20-/m0/s1. The summed E-state index contributed by atoms with van der Waals surface area (Å²) in [7, 11) is -3.72. The second-order valence-electron chi connectivity index (χ2n) is 8.67. The number of amides is 2. The van der Waals surface area contributed by atoms with Gasteiger partial charge >= 0.3 is 0 Å². The molecule has 33 heavy (non-hydrogen) atoms. The number of ether oxygens (including phenoxy) is 1. The van der Waals surface area contributed by atoms with Crippen LogP contribution >= 0.6 is 0 Å². The van der Waals surface area contributed by atoms with Crippen molar-refractivity contribution in [3.05, 3.63) is 48.0 Å². The lowest BCUT2D eigenvalue weighted by Crippen LogP contribution is -2.53. The largest absolute Gasteiger partial charge is 0.350 e. The Morgan fingerprint density at radius 1 is 1.21 bits per heavy atom. The molecule has 184 valence electrons. The Morgan fingerprint density at radius 2 is 1.91 bits per heavy atom. The summed E-state index contributed by atoms with van der Waals surface area (Å²) >= 11 is 0. The van der Waals surface area contributed by atoms with E-state index in [1.807, 2.05) is 68.1 Å². The fourth-order valence-electron chi connectivity index (χ4n) is 3.77. The summed E-state index contributed by atoms with van der Waals surface area (Å²) in [5.41, 5.74) is 4.81. The fourth-order valence-corrected chi connectivity index (χ4v) is 4.05. The van der Waals surface area contributed by atoms with E-state index in [9.17, 15) is 18.0 Å². The fraction of sp³-hybridized carbons (Fsp3) is 0.565. The Kier molecular flexibility index (Phi) is 10.0. The van der Waals surface area contributed by atoms with E-state index in [1.165, 1.54) is 0 Å². The van der Waals surface area contributed by atoms with Crippen LogP contribution in [0.15, 0.2) is 42.5 Å². The van der Waals surface area contributed by atoms with E-state index < -0.39 is 45.4 Å². The summed E-state index contributed by atoms with van der Waals surface area (Å²) in [5, 5.41) is 0. The number of hydroxylamine groups is 1. The summed E-state index contributed by atoms with van der Waals surface area (Å²) in [6.07, 6.45) is 7.19. The Bertz CT molecular complexity index is 911. The van der Waals surface area contributed by atoms with E-state index >= 15 is 0 Å². The predicted molar refractivity (Wildman–Crippen MR) is 125 cm³/mol. The van der Waals surface area contributed by atoms with Gasteiger partial charge in [-0.1, -0.05) is 63.3 Å². The van der Waals surface area contributed by atoms with Gasteiger partial charge in [0.1, 0.15) is 5.92 Å².